The van der Waals surface area contributed by atoms with Gasteiger partial charge in [0.25, 0.3) is 0 Å². The van der Waals surface area contributed by atoms with Gasteiger partial charge in [0.1, 0.15) is 11.8 Å². The van der Waals surface area contributed by atoms with Crippen LogP contribution in [0.4, 0.5) is 10.5 Å². The fourth-order valence-corrected chi connectivity index (χ4v) is 4.23. The number of rotatable bonds is 10. The number of piperidine rings is 1. The topological polar surface area (TPSA) is 118 Å². The van der Waals surface area contributed by atoms with Crippen LogP contribution < -0.4 is 30.2 Å². The Morgan fingerprint density at radius 3 is 2.27 bits per heavy atom. The van der Waals surface area contributed by atoms with E-state index in [2.05, 4.69) is 16.0 Å². The van der Waals surface area contributed by atoms with Crippen molar-refractivity contribution in [3.05, 3.63) is 48.0 Å². The van der Waals surface area contributed by atoms with E-state index >= 15 is 0 Å². The third kappa shape index (κ3) is 8.03. The van der Waals surface area contributed by atoms with Gasteiger partial charge in [-0.25, -0.2) is 4.79 Å². The number of methoxy groups -OCH3 is 2. The molecule has 3 N–H and O–H groups in total. The van der Waals surface area contributed by atoms with Crippen LogP contribution in [-0.2, 0) is 16.0 Å². The van der Waals surface area contributed by atoms with Gasteiger partial charge in [0.15, 0.2) is 11.5 Å². The third-order valence-corrected chi connectivity index (χ3v) is 6.13. The second-order valence-corrected chi connectivity index (χ2v) is 8.80. The maximum Gasteiger partial charge on any atom is 0.321 e. The Morgan fingerprint density at radius 1 is 1.00 bits per heavy atom. The van der Waals surface area contributed by atoms with Crippen molar-refractivity contribution in [3.63, 3.8) is 0 Å². The van der Waals surface area contributed by atoms with E-state index in [0.717, 1.165) is 11.3 Å². The van der Waals surface area contributed by atoms with Crippen LogP contribution in [0.15, 0.2) is 42.5 Å². The molecule has 1 aliphatic heterocycles. The first kappa shape index (κ1) is 27.6. The summed E-state index contributed by atoms with van der Waals surface area (Å²) in [4.78, 5) is 39.3. The lowest BCUT2D eigenvalue weighted by Crippen LogP contribution is -2.53. The Morgan fingerprint density at radius 2 is 1.68 bits per heavy atom. The number of amides is 4. The Kier molecular flexibility index (Phi) is 10.00. The highest BCUT2D eigenvalue weighted by Crippen LogP contribution is 2.28. The molecule has 0 spiro atoms. The van der Waals surface area contributed by atoms with Gasteiger partial charge in [-0.2, -0.15) is 0 Å². The van der Waals surface area contributed by atoms with E-state index in [4.69, 9.17) is 14.2 Å². The number of carbonyl (C=O) groups excluding carboxylic acids is 3. The third-order valence-electron chi connectivity index (χ3n) is 6.13. The maximum absolute atomic E-state index is 13.1. The zero-order valence-electron chi connectivity index (χ0n) is 21.8. The van der Waals surface area contributed by atoms with Gasteiger partial charge in [0.05, 0.1) is 20.8 Å². The molecule has 4 amide bonds. The van der Waals surface area contributed by atoms with Gasteiger partial charge in [-0.15, -0.1) is 0 Å². The lowest BCUT2D eigenvalue weighted by atomic mass is 10.0. The van der Waals surface area contributed by atoms with E-state index in [-0.39, 0.29) is 23.9 Å². The Labute approximate surface area is 217 Å². The van der Waals surface area contributed by atoms with Crippen LogP contribution in [0.1, 0.15) is 32.3 Å². The maximum atomic E-state index is 13.1. The smallest absolute Gasteiger partial charge is 0.321 e. The van der Waals surface area contributed by atoms with Crippen molar-refractivity contribution in [2.75, 3.05) is 39.2 Å². The lowest BCUT2D eigenvalue weighted by molar-refractivity contribution is -0.128. The number of nitrogens with one attached hydrogen (secondary N) is 3. The number of hydrogen-bond donors (Lipinski definition) is 3. The molecule has 0 aromatic heterocycles. The molecule has 2 aromatic rings. The zero-order valence-corrected chi connectivity index (χ0v) is 21.8. The van der Waals surface area contributed by atoms with Gasteiger partial charge in [-0.3, -0.25) is 9.59 Å². The molecule has 1 atom stereocenters. The number of likely N-dealkylation sites (tertiary alicyclic amines) is 1. The van der Waals surface area contributed by atoms with Crippen molar-refractivity contribution >= 4 is 23.5 Å². The minimum Gasteiger partial charge on any atom is -0.494 e. The fourth-order valence-electron chi connectivity index (χ4n) is 4.23. The minimum atomic E-state index is -0.739. The van der Waals surface area contributed by atoms with Crippen molar-refractivity contribution in [1.82, 2.24) is 15.5 Å². The molecule has 10 heteroatoms. The summed E-state index contributed by atoms with van der Waals surface area (Å²) in [6.07, 6.45) is 1.53. The summed E-state index contributed by atoms with van der Waals surface area (Å²) in [5, 5.41) is 8.68. The molecule has 1 heterocycles. The van der Waals surface area contributed by atoms with Gasteiger partial charge in [-0.1, -0.05) is 6.07 Å². The van der Waals surface area contributed by atoms with Crippen molar-refractivity contribution in [2.45, 2.75) is 45.2 Å². The summed E-state index contributed by atoms with van der Waals surface area (Å²) < 4.78 is 16.0. The largest absolute Gasteiger partial charge is 0.494 e. The Bertz CT molecular complexity index is 1070. The van der Waals surface area contributed by atoms with Crippen molar-refractivity contribution in [2.24, 2.45) is 0 Å². The van der Waals surface area contributed by atoms with Gasteiger partial charge in [-0.05, 0) is 61.7 Å². The highest BCUT2D eigenvalue weighted by Gasteiger charge is 2.27. The lowest BCUT2D eigenvalue weighted by Gasteiger charge is -2.33. The van der Waals surface area contributed by atoms with E-state index in [0.29, 0.717) is 56.1 Å². The summed E-state index contributed by atoms with van der Waals surface area (Å²) in [7, 11) is 3.10. The average molecular weight is 513 g/mol. The molecule has 0 radical (unpaired) electrons. The summed E-state index contributed by atoms with van der Waals surface area (Å²) >= 11 is 0. The highest BCUT2D eigenvalue weighted by molar-refractivity contribution is 5.89. The molecule has 0 unspecified atom stereocenters. The predicted octanol–water partition coefficient (Wildman–Crippen LogP) is 2.96. The summed E-state index contributed by atoms with van der Waals surface area (Å²) in [6.45, 7) is 4.90. The number of urea groups is 1. The van der Waals surface area contributed by atoms with Crippen molar-refractivity contribution < 1.29 is 28.6 Å². The molecule has 2 aromatic carbocycles. The number of nitrogens with zero attached hydrogens (tertiary/aromatic N) is 1. The zero-order chi connectivity index (χ0) is 26.8. The molecule has 3 rings (SSSR count). The van der Waals surface area contributed by atoms with Gasteiger partial charge >= 0.3 is 6.03 Å². The molecule has 200 valence electrons. The SMILES string of the molecule is CCOc1ccc(NC(=O)N2CCC(NC(=O)[C@H](Cc3ccc(OC)c(OC)c3)NC(C)=O)CC2)cc1. The van der Waals surface area contributed by atoms with Crippen LogP contribution in [-0.4, -0.2) is 68.7 Å². The first-order valence-corrected chi connectivity index (χ1v) is 12.4. The number of hydrogen-bond acceptors (Lipinski definition) is 6. The van der Waals surface area contributed by atoms with E-state index in [1.165, 1.54) is 6.92 Å². The van der Waals surface area contributed by atoms with Gasteiger partial charge in [0.2, 0.25) is 11.8 Å². The molecular weight excluding hydrogens is 476 g/mol. The van der Waals surface area contributed by atoms with Gasteiger partial charge in [0, 0.05) is 38.2 Å². The van der Waals surface area contributed by atoms with Crippen LogP contribution in [0.5, 0.6) is 17.2 Å². The van der Waals surface area contributed by atoms with Crippen molar-refractivity contribution in [1.29, 1.82) is 0 Å². The second-order valence-electron chi connectivity index (χ2n) is 8.80. The Balaban J connectivity index is 1.53. The first-order valence-electron chi connectivity index (χ1n) is 12.4. The fraction of sp³-hybridized carbons (Fsp3) is 0.444. The monoisotopic (exact) mass is 512 g/mol. The predicted molar refractivity (Wildman–Crippen MR) is 140 cm³/mol. The summed E-state index contributed by atoms with van der Waals surface area (Å²) in [6, 6.07) is 11.6. The van der Waals surface area contributed by atoms with Crippen LogP contribution in [0, 0.1) is 0 Å². The highest BCUT2D eigenvalue weighted by atomic mass is 16.5. The number of anilines is 1. The van der Waals surface area contributed by atoms with Crippen LogP contribution >= 0.6 is 0 Å². The Hall–Kier alpha value is -3.95. The standard InChI is InChI=1S/C27H36N4O6/c1-5-37-22-9-7-20(8-10-22)30-27(34)31-14-12-21(13-15-31)29-26(33)23(28-18(2)32)16-19-6-11-24(35-3)25(17-19)36-4/h6-11,17,21,23H,5,12-16H2,1-4H3,(H,28,32)(H,29,33)(H,30,34)/t23-/m0/s1. The molecule has 0 saturated carbocycles. The first-order chi connectivity index (χ1) is 17.8. The molecular formula is C27H36N4O6. The molecule has 0 aliphatic carbocycles. The normalized spacial score (nSPS) is 14.3. The minimum absolute atomic E-state index is 0.0938. The quantitative estimate of drug-likeness (QED) is 0.451. The van der Waals surface area contributed by atoms with E-state index in [1.807, 2.05) is 25.1 Å². The van der Waals surface area contributed by atoms with Crippen LogP contribution in [0.2, 0.25) is 0 Å². The van der Waals surface area contributed by atoms with E-state index < -0.39 is 6.04 Å². The summed E-state index contributed by atoms with van der Waals surface area (Å²) in [5.41, 5.74) is 1.52. The summed E-state index contributed by atoms with van der Waals surface area (Å²) in [5.74, 6) is 1.34. The second kappa shape index (κ2) is 13.4. The molecule has 1 fully saturated rings. The molecule has 0 bridgehead atoms. The molecule has 37 heavy (non-hydrogen) atoms. The molecule has 1 saturated heterocycles. The number of ether oxygens (including phenoxy) is 3. The van der Waals surface area contributed by atoms with Crippen LogP contribution in [0.3, 0.4) is 0 Å². The van der Waals surface area contributed by atoms with Gasteiger partial charge < -0.3 is 35.1 Å². The average Bonchev–Trinajstić information content (AvgIpc) is 2.89. The van der Waals surface area contributed by atoms with E-state index in [1.54, 1.807) is 43.4 Å². The number of carbonyl (C=O) groups is 3. The molecule has 1 aliphatic rings. The van der Waals surface area contributed by atoms with Crippen LogP contribution in [0.25, 0.3) is 0 Å². The van der Waals surface area contributed by atoms with E-state index in [9.17, 15) is 14.4 Å². The molecule has 10 nitrogen and oxygen atoms in total. The number of benzene rings is 2. The van der Waals surface area contributed by atoms with Crippen molar-refractivity contribution in [3.8, 4) is 17.2 Å².